The molecule has 0 aliphatic heterocycles. The number of hydrogen-bond acceptors (Lipinski definition) is 4. The first-order valence-corrected chi connectivity index (χ1v) is 9.70. The van der Waals surface area contributed by atoms with E-state index in [0.717, 1.165) is 58.9 Å². The van der Waals surface area contributed by atoms with Crippen LogP contribution in [0.15, 0.2) is 22.8 Å². The predicted octanol–water partition coefficient (Wildman–Crippen LogP) is 5.04. The van der Waals surface area contributed by atoms with E-state index in [0.29, 0.717) is 10.6 Å². The molecule has 1 aliphatic carbocycles. The summed E-state index contributed by atoms with van der Waals surface area (Å²) in [7, 11) is 0. The van der Waals surface area contributed by atoms with E-state index in [-0.39, 0.29) is 12.3 Å². The monoisotopic (exact) mass is 364 g/mol. The van der Waals surface area contributed by atoms with Crippen molar-refractivity contribution >= 4 is 33.2 Å². The molecule has 1 amide bonds. The summed E-state index contributed by atoms with van der Waals surface area (Å²) in [6, 6.07) is 6.38. The highest BCUT2D eigenvalue weighted by molar-refractivity contribution is 7.16. The molecule has 2 heterocycles. The van der Waals surface area contributed by atoms with Crippen molar-refractivity contribution in [1.29, 1.82) is 5.26 Å². The molecule has 0 unspecified atom stereocenters. The Morgan fingerprint density at radius 3 is 2.92 bits per heavy atom. The minimum absolute atomic E-state index is 0.109. The summed E-state index contributed by atoms with van der Waals surface area (Å²) in [6.07, 6.45) is 6.13. The normalized spacial score (nSPS) is 13.4. The Hall–Kier alpha value is -2.58. The predicted molar refractivity (Wildman–Crippen MR) is 104 cm³/mol. The molecule has 0 radical (unpaired) electrons. The zero-order valence-corrected chi connectivity index (χ0v) is 15.8. The van der Waals surface area contributed by atoms with Gasteiger partial charge in [0.2, 0.25) is 5.91 Å². The van der Waals surface area contributed by atoms with E-state index in [1.54, 1.807) is 17.6 Å². The molecule has 26 heavy (non-hydrogen) atoms. The van der Waals surface area contributed by atoms with Crippen LogP contribution in [0, 0.1) is 25.2 Å². The summed E-state index contributed by atoms with van der Waals surface area (Å²) in [5, 5.41) is 14.2. The van der Waals surface area contributed by atoms with Crippen LogP contribution in [-0.4, -0.2) is 5.91 Å². The lowest BCUT2D eigenvalue weighted by molar-refractivity contribution is -0.115. The number of fused-ring (bicyclic) bond motifs is 2. The molecular weight excluding hydrogens is 344 g/mol. The number of nitrogens with zero attached hydrogens (tertiary/aromatic N) is 1. The smallest absolute Gasteiger partial charge is 0.229 e. The number of rotatable bonds is 3. The Balaban J connectivity index is 1.59. The van der Waals surface area contributed by atoms with Crippen molar-refractivity contribution in [2.24, 2.45) is 0 Å². The molecule has 0 bridgehead atoms. The van der Waals surface area contributed by atoms with Gasteiger partial charge in [0.05, 0.1) is 18.2 Å². The third kappa shape index (κ3) is 2.91. The number of carbonyl (C=O) groups is 1. The summed E-state index contributed by atoms with van der Waals surface area (Å²) in [5.74, 6) is -0.109. The van der Waals surface area contributed by atoms with Crippen molar-refractivity contribution in [1.82, 2.24) is 0 Å². The Bertz CT molecular complexity index is 1050. The summed E-state index contributed by atoms with van der Waals surface area (Å²) in [4.78, 5) is 13.9. The summed E-state index contributed by atoms with van der Waals surface area (Å²) in [6.45, 7) is 4.07. The van der Waals surface area contributed by atoms with Gasteiger partial charge in [0.25, 0.3) is 0 Å². The molecule has 0 spiro atoms. The first-order valence-electron chi connectivity index (χ1n) is 8.88. The number of nitrogens with one attached hydrogen (secondary N) is 1. The number of benzene rings is 1. The fourth-order valence-electron chi connectivity index (χ4n) is 3.87. The van der Waals surface area contributed by atoms with E-state index in [1.807, 2.05) is 19.9 Å². The van der Waals surface area contributed by atoms with Crippen molar-refractivity contribution in [3.05, 3.63) is 51.1 Å². The molecule has 1 aliphatic rings. The van der Waals surface area contributed by atoms with E-state index >= 15 is 0 Å². The molecule has 5 heteroatoms. The number of carbonyl (C=O) groups excluding carboxylic acids is 1. The first-order chi connectivity index (χ1) is 12.6. The summed E-state index contributed by atoms with van der Waals surface area (Å²) < 4.78 is 5.64. The molecule has 1 N–H and O–H groups in total. The molecular formula is C21H20N2O2S. The highest BCUT2D eigenvalue weighted by atomic mass is 32.1. The van der Waals surface area contributed by atoms with Gasteiger partial charge in [-0.15, -0.1) is 11.3 Å². The minimum atomic E-state index is -0.109. The number of nitriles is 1. The second-order valence-electron chi connectivity index (χ2n) is 6.97. The fourth-order valence-corrected chi connectivity index (χ4v) is 5.13. The van der Waals surface area contributed by atoms with Crippen LogP contribution in [0.3, 0.4) is 0 Å². The quantitative estimate of drug-likeness (QED) is 0.708. The lowest BCUT2D eigenvalue weighted by Gasteiger charge is -2.09. The molecule has 1 aromatic carbocycles. The van der Waals surface area contributed by atoms with Gasteiger partial charge in [-0.2, -0.15) is 5.26 Å². The Morgan fingerprint density at radius 1 is 1.31 bits per heavy atom. The third-order valence-corrected chi connectivity index (χ3v) is 6.19. The molecule has 3 aromatic rings. The lowest BCUT2D eigenvalue weighted by Crippen LogP contribution is -2.14. The van der Waals surface area contributed by atoms with E-state index in [4.69, 9.17) is 4.42 Å². The molecule has 0 saturated carbocycles. The minimum Gasteiger partial charge on any atom is -0.464 e. The maximum atomic E-state index is 12.6. The Kier molecular flexibility index (Phi) is 4.29. The first kappa shape index (κ1) is 16.9. The van der Waals surface area contributed by atoms with Crippen molar-refractivity contribution < 1.29 is 9.21 Å². The molecule has 0 fully saturated rings. The second kappa shape index (κ2) is 6.62. The van der Waals surface area contributed by atoms with Gasteiger partial charge >= 0.3 is 0 Å². The average molecular weight is 364 g/mol. The van der Waals surface area contributed by atoms with Crippen LogP contribution in [0.1, 0.15) is 45.5 Å². The lowest BCUT2D eigenvalue weighted by atomic mass is 9.96. The van der Waals surface area contributed by atoms with Gasteiger partial charge in [0, 0.05) is 15.8 Å². The largest absolute Gasteiger partial charge is 0.464 e. The van der Waals surface area contributed by atoms with Crippen LogP contribution < -0.4 is 5.32 Å². The number of thiophene rings is 1. The fraction of sp³-hybridized carbons (Fsp3) is 0.333. The van der Waals surface area contributed by atoms with Crippen molar-refractivity contribution in [2.75, 3.05) is 5.32 Å². The molecule has 0 saturated heterocycles. The van der Waals surface area contributed by atoms with E-state index in [9.17, 15) is 10.1 Å². The van der Waals surface area contributed by atoms with E-state index in [2.05, 4.69) is 17.5 Å². The number of anilines is 1. The highest BCUT2D eigenvalue weighted by Crippen LogP contribution is 2.37. The Labute approximate surface area is 156 Å². The maximum Gasteiger partial charge on any atom is 0.229 e. The molecule has 4 nitrogen and oxygen atoms in total. The molecule has 2 aromatic heterocycles. The Morgan fingerprint density at radius 2 is 2.12 bits per heavy atom. The van der Waals surface area contributed by atoms with Crippen molar-refractivity contribution in [2.45, 2.75) is 46.0 Å². The van der Waals surface area contributed by atoms with E-state index < -0.39 is 0 Å². The summed E-state index contributed by atoms with van der Waals surface area (Å²) >= 11 is 1.56. The van der Waals surface area contributed by atoms with Crippen LogP contribution in [-0.2, 0) is 24.1 Å². The zero-order chi connectivity index (χ0) is 18.3. The van der Waals surface area contributed by atoms with Gasteiger partial charge in [0.1, 0.15) is 16.7 Å². The molecule has 0 atom stereocenters. The van der Waals surface area contributed by atoms with Gasteiger partial charge < -0.3 is 9.73 Å². The number of amides is 1. The van der Waals surface area contributed by atoms with Gasteiger partial charge in [0.15, 0.2) is 0 Å². The average Bonchev–Trinajstić information content (AvgIpc) is 3.15. The van der Waals surface area contributed by atoms with Crippen LogP contribution in [0.4, 0.5) is 5.00 Å². The zero-order valence-electron chi connectivity index (χ0n) is 14.9. The maximum absolute atomic E-state index is 12.6. The van der Waals surface area contributed by atoms with Gasteiger partial charge in [-0.05, 0) is 62.3 Å². The third-order valence-electron chi connectivity index (χ3n) is 4.98. The van der Waals surface area contributed by atoms with Crippen LogP contribution >= 0.6 is 11.3 Å². The van der Waals surface area contributed by atoms with Crippen LogP contribution in [0.25, 0.3) is 11.0 Å². The number of hydrogen-bond donors (Lipinski definition) is 1. The molecule has 132 valence electrons. The van der Waals surface area contributed by atoms with E-state index in [1.165, 1.54) is 4.88 Å². The molecule has 4 rings (SSSR count). The van der Waals surface area contributed by atoms with Gasteiger partial charge in [-0.3, -0.25) is 4.79 Å². The van der Waals surface area contributed by atoms with Crippen molar-refractivity contribution in [3.8, 4) is 6.07 Å². The van der Waals surface area contributed by atoms with Gasteiger partial charge in [-0.1, -0.05) is 6.07 Å². The van der Waals surface area contributed by atoms with Gasteiger partial charge in [-0.25, -0.2) is 0 Å². The topological polar surface area (TPSA) is 66.0 Å². The number of aryl methyl sites for hydroxylation is 3. The van der Waals surface area contributed by atoms with Crippen molar-refractivity contribution in [3.63, 3.8) is 0 Å². The van der Waals surface area contributed by atoms with Crippen LogP contribution in [0.2, 0.25) is 0 Å². The second-order valence-corrected chi connectivity index (χ2v) is 8.07. The van der Waals surface area contributed by atoms with Crippen LogP contribution in [0.5, 0.6) is 0 Å². The SMILES string of the molecule is Cc1cc(C)c2c(CC(=O)Nc3sc4c(c3C#N)CCCC4)coc2c1. The number of furan rings is 1. The summed E-state index contributed by atoms with van der Waals surface area (Å²) in [5.41, 5.74) is 5.74. The highest BCUT2D eigenvalue weighted by Gasteiger charge is 2.22. The standard InChI is InChI=1S/C21H20N2O2S/c1-12-7-13(2)20-14(11-25-17(20)8-12)9-19(24)23-21-16(10-22)15-5-3-4-6-18(15)26-21/h7-8,11H,3-6,9H2,1-2H3,(H,23,24).